The molecule has 0 spiro atoms. The standard InChI is InChI=1S/C17H13IN4O2/c18-14-3-1-13(2-4-14)11-21(17-9-19-12-20-10-17)15-5-7-16(8-6-15)22(23)24/h1-10,12H,11H2. The summed E-state index contributed by atoms with van der Waals surface area (Å²) in [5.74, 6) is 0. The van der Waals surface area contributed by atoms with Crippen molar-refractivity contribution in [2.45, 2.75) is 6.54 Å². The lowest BCUT2D eigenvalue weighted by Gasteiger charge is -2.24. The van der Waals surface area contributed by atoms with Crippen molar-refractivity contribution in [1.82, 2.24) is 9.97 Å². The molecule has 0 aliphatic heterocycles. The SMILES string of the molecule is O=[N+]([O-])c1ccc(N(Cc2ccc(I)cc2)c2cncnc2)cc1. The van der Waals surface area contributed by atoms with Crippen LogP contribution in [0.5, 0.6) is 0 Å². The number of nitro groups is 1. The van der Waals surface area contributed by atoms with Gasteiger partial charge in [0.05, 0.1) is 23.0 Å². The second kappa shape index (κ2) is 7.35. The van der Waals surface area contributed by atoms with Crippen LogP contribution in [0.3, 0.4) is 0 Å². The number of aromatic nitrogens is 2. The van der Waals surface area contributed by atoms with Crippen LogP contribution in [0.15, 0.2) is 67.3 Å². The van der Waals surface area contributed by atoms with E-state index in [1.165, 1.54) is 22.0 Å². The van der Waals surface area contributed by atoms with Crippen molar-refractivity contribution in [2.24, 2.45) is 0 Å². The maximum atomic E-state index is 10.8. The number of anilines is 2. The molecule has 0 bridgehead atoms. The molecule has 24 heavy (non-hydrogen) atoms. The van der Waals surface area contributed by atoms with Crippen molar-refractivity contribution in [3.05, 3.63) is 86.5 Å². The zero-order chi connectivity index (χ0) is 16.9. The number of benzene rings is 2. The van der Waals surface area contributed by atoms with Crippen LogP contribution in [-0.2, 0) is 6.54 Å². The summed E-state index contributed by atoms with van der Waals surface area (Å²) < 4.78 is 1.17. The molecule has 1 aromatic heterocycles. The zero-order valence-corrected chi connectivity index (χ0v) is 14.7. The van der Waals surface area contributed by atoms with Crippen LogP contribution in [-0.4, -0.2) is 14.9 Å². The van der Waals surface area contributed by atoms with E-state index in [1.54, 1.807) is 24.5 Å². The van der Waals surface area contributed by atoms with Crippen molar-refractivity contribution in [3.63, 3.8) is 0 Å². The first-order valence-corrected chi connectivity index (χ1v) is 8.23. The molecule has 0 aliphatic rings. The smallest absolute Gasteiger partial charge is 0.269 e. The summed E-state index contributed by atoms with van der Waals surface area (Å²) in [7, 11) is 0. The van der Waals surface area contributed by atoms with Crippen LogP contribution in [0.2, 0.25) is 0 Å². The van der Waals surface area contributed by atoms with Crippen LogP contribution in [0.25, 0.3) is 0 Å². The molecule has 0 fully saturated rings. The van der Waals surface area contributed by atoms with E-state index in [4.69, 9.17) is 0 Å². The summed E-state index contributed by atoms with van der Waals surface area (Å²) >= 11 is 2.27. The van der Waals surface area contributed by atoms with Gasteiger partial charge in [-0.15, -0.1) is 0 Å². The molecule has 7 heteroatoms. The third-order valence-electron chi connectivity index (χ3n) is 3.48. The number of nitro benzene ring substituents is 1. The molecular formula is C17H13IN4O2. The number of rotatable bonds is 5. The quantitative estimate of drug-likeness (QED) is 0.341. The molecule has 6 nitrogen and oxygen atoms in total. The lowest BCUT2D eigenvalue weighted by Crippen LogP contribution is -2.16. The van der Waals surface area contributed by atoms with Gasteiger partial charge in [-0.25, -0.2) is 9.97 Å². The Morgan fingerprint density at radius 3 is 2.17 bits per heavy atom. The van der Waals surface area contributed by atoms with Gasteiger partial charge in [0.1, 0.15) is 6.33 Å². The van der Waals surface area contributed by atoms with Crippen LogP contribution in [0, 0.1) is 13.7 Å². The van der Waals surface area contributed by atoms with Gasteiger partial charge >= 0.3 is 0 Å². The van der Waals surface area contributed by atoms with Crippen LogP contribution in [0.1, 0.15) is 5.56 Å². The van der Waals surface area contributed by atoms with Gasteiger partial charge in [-0.2, -0.15) is 0 Å². The maximum Gasteiger partial charge on any atom is 0.269 e. The lowest BCUT2D eigenvalue weighted by atomic mass is 10.2. The predicted molar refractivity (Wildman–Crippen MR) is 100 cm³/mol. The van der Waals surface area contributed by atoms with Crippen LogP contribution in [0.4, 0.5) is 17.1 Å². The first-order valence-electron chi connectivity index (χ1n) is 7.15. The van der Waals surface area contributed by atoms with E-state index in [0.29, 0.717) is 6.54 Å². The number of non-ortho nitro benzene ring substituents is 1. The Hall–Kier alpha value is -2.55. The second-order valence-electron chi connectivity index (χ2n) is 5.08. The molecule has 0 N–H and O–H groups in total. The Morgan fingerprint density at radius 1 is 0.958 bits per heavy atom. The Bertz CT molecular complexity index is 823. The largest absolute Gasteiger partial charge is 0.334 e. The number of hydrogen-bond acceptors (Lipinski definition) is 5. The van der Waals surface area contributed by atoms with Gasteiger partial charge < -0.3 is 4.90 Å². The first kappa shape index (κ1) is 16.3. The summed E-state index contributed by atoms with van der Waals surface area (Å²) in [6.07, 6.45) is 4.92. The third kappa shape index (κ3) is 3.85. The van der Waals surface area contributed by atoms with E-state index < -0.39 is 4.92 Å². The predicted octanol–water partition coefficient (Wildman–Crippen LogP) is 4.33. The minimum Gasteiger partial charge on any atom is -0.334 e. The van der Waals surface area contributed by atoms with Gasteiger partial charge in [0.25, 0.3) is 5.69 Å². The Morgan fingerprint density at radius 2 is 1.58 bits per heavy atom. The van der Waals surface area contributed by atoms with E-state index in [9.17, 15) is 10.1 Å². The fourth-order valence-electron chi connectivity index (χ4n) is 2.29. The number of hydrogen-bond donors (Lipinski definition) is 0. The van der Waals surface area contributed by atoms with E-state index >= 15 is 0 Å². The molecule has 3 aromatic rings. The van der Waals surface area contributed by atoms with E-state index in [0.717, 1.165) is 16.9 Å². The average Bonchev–Trinajstić information content (AvgIpc) is 2.62. The normalized spacial score (nSPS) is 10.4. The summed E-state index contributed by atoms with van der Waals surface area (Å²) in [6.45, 7) is 0.613. The highest BCUT2D eigenvalue weighted by Crippen LogP contribution is 2.28. The van der Waals surface area contributed by atoms with Crippen molar-refractivity contribution < 1.29 is 4.92 Å². The van der Waals surface area contributed by atoms with E-state index in [-0.39, 0.29) is 5.69 Å². The molecule has 0 saturated carbocycles. The molecule has 0 aliphatic carbocycles. The molecule has 0 amide bonds. The lowest BCUT2D eigenvalue weighted by molar-refractivity contribution is -0.384. The summed E-state index contributed by atoms with van der Waals surface area (Å²) in [5, 5.41) is 10.8. The molecule has 0 radical (unpaired) electrons. The second-order valence-corrected chi connectivity index (χ2v) is 6.33. The Kier molecular flexibility index (Phi) is 4.99. The summed E-state index contributed by atoms with van der Waals surface area (Å²) in [4.78, 5) is 20.6. The monoisotopic (exact) mass is 432 g/mol. The molecule has 0 atom stereocenters. The molecule has 0 unspecified atom stereocenters. The van der Waals surface area contributed by atoms with Crippen molar-refractivity contribution >= 4 is 39.7 Å². The number of halogens is 1. The molecular weight excluding hydrogens is 419 g/mol. The van der Waals surface area contributed by atoms with Gasteiger partial charge in [-0.05, 0) is 52.4 Å². The van der Waals surface area contributed by atoms with Crippen molar-refractivity contribution in [3.8, 4) is 0 Å². The summed E-state index contributed by atoms with van der Waals surface area (Å²) in [5.41, 5.74) is 2.86. The van der Waals surface area contributed by atoms with Gasteiger partial charge in [0.15, 0.2) is 0 Å². The first-order chi connectivity index (χ1) is 11.6. The molecule has 120 valence electrons. The minimum atomic E-state index is -0.404. The zero-order valence-electron chi connectivity index (χ0n) is 12.5. The van der Waals surface area contributed by atoms with Gasteiger partial charge in [-0.1, -0.05) is 12.1 Å². The fraction of sp³-hybridized carbons (Fsp3) is 0.0588. The highest BCUT2D eigenvalue weighted by atomic mass is 127. The fourth-order valence-corrected chi connectivity index (χ4v) is 2.65. The highest BCUT2D eigenvalue weighted by Gasteiger charge is 2.13. The molecule has 0 saturated heterocycles. The summed E-state index contributed by atoms with van der Waals surface area (Å²) in [6, 6.07) is 14.7. The molecule has 3 rings (SSSR count). The highest BCUT2D eigenvalue weighted by molar-refractivity contribution is 14.1. The van der Waals surface area contributed by atoms with E-state index in [1.807, 2.05) is 17.0 Å². The molecule has 1 heterocycles. The topological polar surface area (TPSA) is 72.2 Å². The van der Waals surface area contributed by atoms with Gasteiger partial charge in [0, 0.05) is 27.9 Å². The van der Waals surface area contributed by atoms with Crippen LogP contribution >= 0.6 is 22.6 Å². The minimum absolute atomic E-state index is 0.0669. The average molecular weight is 432 g/mol. The van der Waals surface area contributed by atoms with E-state index in [2.05, 4.69) is 44.7 Å². The van der Waals surface area contributed by atoms with Gasteiger partial charge in [0.2, 0.25) is 0 Å². The molecule has 2 aromatic carbocycles. The van der Waals surface area contributed by atoms with Crippen molar-refractivity contribution in [2.75, 3.05) is 4.90 Å². The van der Waals surface area contributed by atoms with Crippen molar-refractivity contribution in [1.29, 1.82) is 0 Å². The third-order valence-corrected chi connectivity index (χ3v) is 4.20. The Balaban J connectivity index is 1.95. The van der Waals surface area contributed by atoms with Gasteiger partial charge in [-0.3, -0.25) is 10.1 Å². The number of nitrogens with zero attached hydrogens (tertiary/aromatic N) is 4. The van der Waals surface area contributed by atoms with Crippen LogP contribution < -0.4 is 4.90 Å². The maximum absolute atomic E-state index is 10.8. The Labute approximate surface area is 152 Å².